The summed E-state index contributed by atoms with van der Waals surface area (Å²) in [6, 6.07) is 2.01. The molecule has 29 heavy (non-hydrogen) atoms. The Hall–Kier alpha value is -1.68. The van der Waals surface area contributed by atoms with Gasteiger partial charge < -0.3 is 5.11 Å². The van der Waals surface area contributed by atoms with Crippen LogP contribution in [0, 0.1) is 28.6 Å². The van der Waals surface area contributed by atoms with Gasteiger partial charge in [-0.3, -0.25) is 9.48 Å². The van der Waals surface area contributed by atoms with E-state index in [4.69, 9.17) is 0 Å². The average Bonchev–Trinajstić information content (AvgIpc) is 3.25. The fourth-order valence-corrected chi connectivity index (χ4v) is 7.35. The first kappa shape index (κ1) is 19.3. The summed E-state index contributed by atoms with van der Waals surface area (Å²) in [4.78, 5) is 13.5. The van der Waals surface area contributed by atoms with Gasteiger partial charge in [0.05, 0.1) is 11.8 Å². The molecule has 1 aromatic heterocycles. The van der Waals surface area contributed by atoms with Crippen molar-refractivity contribution in [3.8, 4) is 0 Å². The number of aryl methyl sites for hydroxylation is 1. The Morgan fingerprint density at radius 2 is 2.00 bits per heavy atom. The van der Waals surface area contributed by atoms with Crippen LogP contribution in [-0.2, 0) is 11.3 Å². The van der Waals surface area contributed by atoms with Crippen molar-refractivity contribution in [3.05, 3.63) is 35.2 Å². The number of allylic oxidation sites excluding steroid dienone is 2. The Labute approximate surface area is 174 Å². The molecule has 4 nitrogen and oxygen atoms in total. The summed E-state index contributed by atoms with van der Waals surface area (Å²) >= 11 is 0. The van der Waals surface area contributed by atoms with E-state index in [0.29, 0.717) is 23.5 Å². The molecule has 3 saturated carbocycles. The molecule has 0 bridgehead atoms. The third-order valence-corrected chi connectivity index (χ3v) is 9.09. The lowest BCUT2D eigenvalue weighted by atomic mass is 9.48. The Balaban J connectivity index is 1.48. The summed E-state index contributed by atoms with van der Waals surface area (Å²) < 4.78 is 1.97. The van der Waals surface area contributed by atoms with Crippen LogP contribution in [0.4, 0.5) is 0 Å². The van der Waals surface area contributed by atoms with Gasteiger partial charge in [0, 0.05) is 18.2 Å². The minimum absolute atomic E-state index is 0.161. The maximum atomic E-state index is 13.5. The lowest BCUT2D eigenvalue weighted by Crippen LogP contribution is -2.50. The molecule has 0 radical (unpaired) electrons. The van der Waals surface area contributed by atoms with Gasteiger partial charge in [0.1, 0.15) is 0 Å². The highest BCUT2D eigenvalue weighted by atomic mass is 16.3. The highest BCUT2D eigenvalue weighted by molar-refractivity contribution is 6.05. The van der Waals surface area contributed by atoms with Crippen molar-refractivity contribution in [2.75, 3.05) is 0 Å². The van der Waals surface area contributed by atoms with Gasteiger partial charge in [-0.2, -0.15) is 5.10 Å². The fourth-order valence-electron chi connectivity index (χ4n) is 7.35. The van der Waals surface area contributed by atoms with Gasteiger partial charge in [0.25, 0.3) is 0 Å². The molecule has 6 atom stereocenters. The number of hydrogen-bond donors (Lipinski definition) is 1. The van der Waals surface area contributed by atoms with E-state index in [2.05, 4.69) is 38.0 Å². The predicted octanol–water partition coefficient (Wildman–Crippen LogP) is 4.79. The number of Topliss-reactive ketones (excluding diaryl/α,β-unsaturated/α-hetero) is 1. The van der Waals surface area contributed by atoms with E-state index in [0.717, 1.165) is 62.8 Å². The first-order valence-electron chi connectivity index (χ1n) is 11.5. The molecule has 6 unspecified atom stereocenters. The monoisotopic (exact) mass is 394 g/mol. The molecular formula is C25H34N2O2. The highest BCUT2D eigenvalue weighted by Gasteiger charge is 2.59. The van der Waals surface area contributed by atoms with Crippen LogP contribution in [0.2, 0.25) is 0 Å². The van der Waals surface area contributed by atoms with Gasteiger partial charge in [-0.15, -0.1) is 0 Å². The van der Waals surface area contributed by atoms with Gasteiger partial charge in [-0.25, -0.2) is 0 Å². The largest absolute Gasteiger partial charge is 0.393 e. The van der Waals surface area contributed by atoms with Crippen LogP contribution in [0.25, 0.3) is 6.08 Å². The van der Waals surface area contributed by atoms with E-state index in [9.17, 15) is 9.90 Å². The van der Waals surface area contributed by atoms with Crippen LogP contribution in [0.3, 0.4) is 0 Å². The number of hydrogen-bond acceptors (Lipinski definition) is 3. The molecule has 0 aliphatic heterocycles. The number of carbonyl (C=O) groups excluding carboxylic acids is 1. The molecule has 0 spiro atoms. The first-order chi connectivity index (χ1) is 13.9. The molecule has 0 amide bonds. The molecule has 156 valence electrons. The molecule has 0 saturated heterocycles. The van der Waals surface area contributed by atoms with Gasteiger partial charge in [-0.1, -0.05) is 25.5 Å². The fraction of sp³-hybridized carbons (Fsp3) is 0.680. The number of aliphatic hydroxyl groups is 1. The number of aliphatic hydroxyl groups excluding tert-OH is 1. The van der Waals surface area contributed by atoms with Crippen molar-refractivity contribution in [1.29, 1.82) is 0 Å². The van der Waals surface area contributed by atoms with Crippen molar-refractivity contribution in [2.45, 2.75) is 78.4 Å². The maximum Gasteiger partial charge on any atom is 0.165 e. The minimum atomic E-state index is -0.208. The smallest absolute Gasteiger partial charge is 0.165 e. The molecule has 5 rings (SSSR count). The summed E-state index contributed by atoms with van der Waals surface area (Å²) in [6.07, 6.45) is 13.2. The number of fused-ring (bicyclic) bond motifs is 5. The molecule has 4 aliphatic rings. The highest BCUT2D eigenvalue weighted by Crippen LogP contribution is 2.64. The van der Waals surface area contributed by atoms with Crippen molar-refractivity contribution in [3.63, 3.8) is 0 Å². The Bertz CT molecular complexity index is 896. The number of ketones is 1. The molecule has 1 aromatic rings. The van der Waals surface area contributed by atoms with Crippen LogP contribution >= 0.6 is 0 Å². The lowest BCUT2D eigenvalue weighted by Gasteiger charge is -2.56. The standard InChI is InChI=1S/C25H34N2O2/c1-4-27-18(9-12-26-27)13-16-14-22-20-6-5-17-15-19(28)7-10-24(17,2)21(20)8-11-25(22,3)23(16)29/h5,9,12-13,19-22,28H,4,6-8,10-11,14-15H2,1-3H3. The zero-order valence-corrected chi connectivity index (χ0v) is 18.0. The number of carbonyl (C=O) groups is 1. The van der Waals surface area contributed by atoms with Gasteiger partial charge >= 0.3 is 0 Å². The second-order valence-electron chi connectivity index (χ2n) is 10.4. The summed E-state index contributed by atoms with van der Waals surface area (Å²) in [5.74, 6) is 2.06. The third kappa shape index (κ3) is 2.74. The summed E-state index contributed by atoms with van der Waals surface area (Å²) in [5.41, 5.74) is 3.56. The third-order valence-electron chi connectivity index (χ3n) is 9.09. The summed E-state index contributed by atoms with van der Waals surface area (Å²) in [5, 5.41) is 14.6. The topological polar surface area (TPSA) is 55.1 Å². The van der Waals surface area contributed by atoms with Gasteiger partial charge in [0.15, 0.2) is 5.78 Å². The number of aromatic nitrogens is 2. The molecule has 1 heterocycles. The molecular weight excluding hydrogens is 360 g/mol. The second kappa shape index (κ2) is 6.66. The van der Waals surface area contributed by atoms with Gasteiger partial charge in [-0.05, 0) is 92.8 Å². The predicted molar refractivity (Wildman–Crippen MR) is 114 cm³/mol. The van der Waals surface area contributed by atoms with Crippen molar-refractivity contribution in [1.82, 2.24) is 9.78 Å². The summed E-state index contributed by atoms with van der Waals surface area (Å²) in [6.45, 7) is 7.59. The Morgan fingerprint density at radius 1 is 1.21 bits per heavy atom. The molecule has 1 N–H and O–H groups in total. The quantitative estimate of drug-likeness (QED) is 0.580. The lowest BCUT2D eigenvalue weighted by molar-refractivity contribution is -0.130. The molecule has 3 fully saturated rings. The van der Waals surface area contributed by atoms with Crippen molar-refractivity contribution >= 4 is 11.9 Å². The van der Waals surface area contributed by atoms with E-state index in [1.165, 1.54) is 5.57 Å². The van der Waals surface area contributed by atoms with Crippen LogP contribution in [0.5, 0.6) is 0 Å². The van der Waals surface area contributed by atoms with E-state index >= 15 is 0 Å². The van der Waals surface area contributed by atoms with E-state index in [-0.39, 0.29) is 16.9 Å². The minimum Gasteiger partial charge on any atom is -0.393 e. The van der Waals surface area contributed by atoms with Crippen LogP contribution in [-0.4, -0.2) is 26.8 Å². The number of rotatable bonds is 2. The molecule has 4 heteroatoms. The Kier molecular flexibility index (Phi) is 4.43. The van der Waals surface area contributed by atoms with E-state index in [1.54, 1.807) is 0 Å². The summed E-state index contributed by atoms with van der Waals surface area (Å²) in [7, 11) is 0. The van der Waals surface area contributed by atoms with Crippen LogP contribution < -0.4 is 0 Å². The van der Waals surface area contributed by atoms with Gasteiger partial charge in [0.2, 0.25) is 0 Å². The first-order valence-corrected chi connectivity index (χ1v) is 11.5. The average molecular weight is 395 g/mol. The van der Waals surface area contributed by atoms with E-state index in [1.807, 2.05) is 16.9 Å². The Morgan fingerprint density at radius 3 is 2.79 bits per heavy atom. The number of nitrogens with zero attached hydrogens (tertiary/aromatic N) is 2. The second-order valence-corrected chi connectivity index (χ2v) is 10.4. The van der Waals surface area contributed by atoms with Crippen LogP contribution in [0.1, 0.15) is 71.4 Å². The zero-order valence-electron chi connectivity index (χ0n) is 18.0. The zero-order chi connectivity index (χ0) is 20.4. The van der Waals surface area contributed by atoms with Crippen molar-refractivity contribution < 1.29 is 9.90 Å². The maximum absolute atomic E-state index is 13.5. The SMILES string of the molecule is CCn1nccc1C=C1CC2C3CC=C4CC(O)CCC4(C)C3CCC2(C)C1=O. The van der Waals surface area contributed by atoms with Crippen LogP contribution in [0.15, 0.2) is 29.5 Å². The molecule has 0 aromatic carbocycles. The van der Waals surface area contributed by atoms with Crippen molar-refractivity contribution in [2.24, 2.45) is 28.6 Å². The van der Waals surface area contributed by atoms with E-state index < -0.39 is 0 Å². The molecule has 4 aliphatic carbocycles. The normalized spacial score (nSPS) is 43.0.